The lowest BCUT2D eigenvalue weighted by Crippen LogP contribution is -2.01. The average molecular weight is 217 g/mol. The molecule has 0 saturated carbocycles. The van der Waals surface area contributed by atoms with Crippen molar-refractivity contribution in [2.24, 2.45) is 0 Å². The van der Waals surface area contributed by atoms with Crippen LogP contribution in [0.2, 0.25) is 0 Å². The van der Waals surface area contributed by atoms with Crippen molar-refractivity contribution in [3.63, 3.8) is 0 Å². The molecule has 16 heavy (non-hydrogen) atoms. The molecule has 0 aromatic carbocycles. The van der Waals surface area contributed by atoms with Gasteiger partial charge in [-0.3, -0.25) is 4.98 Å². The van der Waals surface area contributed by atoms with Gasteiger partial charge in [0.25, 0.3) is 0 Å². The van der Waals surface area contributed by atoms with E-state index in [9.17, 15) is 0 Å². The van der Waals surface area contributed by atoms with Gasteiger partial charge in [-0.25, -0.2) is 4.98 Å². The summed E-state index contributed by atoms with van der Waals surface area (Å²) in [5.74, 6) is 1.04. The molecule has 2 aromatic rings. The largest absolute Gasteiger partial charge is 0.390 e. The van der Waals surface area contributed by atoms with Gasteiger partial charge in [0.2, 0.25) is 0 Å². The van der Waals surface area contributed by atoms with Crippen molar-refractivity contribution < 1.29 is 5.11 Å². The SMILES string of the molecule is CCCc1nccn1-c1ccnc(CO)c1. The Kier molecular flexibility index (Phi) is 3.31. The third-order valence-electron chi connectivity index (χ3n) is 2.43. The third kappa shape index (κ3) is 2.12. The summed E-state index contributed by atoms with van der Waals surface area (Å²) < 4.78 is 2.03. The molecule has 2 heterocycles. The maximum absolute atomic E-state index is 9.04. The summed E-state index contributed by atoms with van der Waals surface area (Å²) in [6.45, 7) is 2.09. The Morgan fingerprint density at radius 3 is 2.94 bits per heavy atom. The number of aromatic nitrogens is 3. The van der Waals surface area contributed by atoms with Gasteiger partial charge in [0.05, 0.1) is 18.0 Å². The van der Waals surface area contributed by atoms with E-state index in [1.54, 1.807) is 12.4 Å². The summed E-state index contributed by atoms with van der Waals surface area (Å²) in [4.78, 5) is 8.38. The molecular formula is C12H15N3O. The lowest BCUT2D eigenvalue weighted by Gasteiger charge is -2.07. The molecule has 1 N–H and O–H groups in total. The number of aliphatic hydroxyl groups excluding tert-OH is 1. The molecule has 2 rings (SSSR count). The van der Waals surface area contributed by atoms with Gasteiger partial charge in [-0.1, -0.05) is 6.92 Å². The zero-order chi connectivity index (χ0) is 11.4. The highest BCUT2D eigenvalue weighted by atomic mass is 16.3. The summed E-state index contributed by atoms with van der Waals surface area (Å²) in [6, 6.07) is 3.79. The Balaban J connectivity index is 2.37. The van der Waals surface area contributed by atoms with Crippen LogP contribution in [0.3, 0.4) is 0 Å². The van der Waals surface area contributed by atoms with Crippen molar-refractivity contribution >= 4 is 0 Å². The van der Waals surface area contributed by atoms with Crippen molar-refractivity contribution in [2.75, 3.05) is 0 Å². The minimum absolute atomic E-state index is 0.0361. The molecule has 4 nitrogen and oxygen atoms in total. The van der Waals surface area contributed by atoms with E-state index >= 15 is 0 Å². The second-order valence-corrected chi connectivity index (χ2v) is 3.63. The maximum atomic E-state index is 9.04. The number of hydrogen-bond acceptors (Lipinski definition) is 3. The van der Waals surface area contributed by atoms with Crippen LogP contribution in [0.4, 0.5) is 0 Å². The minimum atomic E-state index is -0.0361. The number of nitrogens with zero attached hydrogens (tertiary/aromatic N) is 3. The Hall–Kier alpha value is -1.68. The summed E-state index contributed by atoms with van der Waals surface area (Å²) in [6.07, 6.45) is 7.45. The third-order valence-corrected chi connectivity index (χ3v) is 2.43. The highest BCUT2D eigenvalue weighted by molar-refractivity contribution is 5.33. The molecule has 2 aromatic heterocycles. The topological polar surface area (TPSA) is 50.9 Å². The zero-order valence-corrected chi connectivity index (χ0v) is 9.30. The molecule has 0 aliphatic rings. The number of rotatable bonds is 4. The Labute approximate surface area is 94.6 Å². The first-order chi connectivity index (χ1) is 7.85. The highest BCUT2D eigenvalue weighted by Gasteiger charge is 2.04. The molecule has 0 aliphatic heterocycles. The number of imidazole rings is 1. The van der Waals surface area contributed by atoms with Crippen LogP contribution in [0.15, 0.2) is 30.7 Å². The predicted octanol–water partition coefficient (Wildman–Crippen LogP) is 1.71. The van der Waals surface area contributed by atoms with Crippen molar-refractivity contribution in [3.8, 4) is 5.69 Å². The van der Waals surface area contributed by atoms with Crippen LogP contribution in [0.5, 0.6) is 0 Å². The van der Waals surface area contributed by atoms with Crippen molar-refractivity contribution in [1.82, 2.24) is 14.5 Å². The van der Waals surface area contributed by atoms with Gasteiger partial charge in [0.15, 0.2) is 0 Å². The Bertz CT molecular complexity index is 465. The van der Waals surface area contributed by atoms with Crippen LogP contribution >= 0.6 is 0 Å². The van der Waals surface area contributed by atoms with E-state index in [1.165, 1.54) is 0 Å². The minimum Gasteiger partial charge on any atom is -0.390 e. The van der Waals surface area contributed by atoms with Gasteiger partial charge in [-0.15, -0.1) is 0 Å². The monoisotopic (exact) mass is 217 g/mol. The summed E-state index contributed by atoms with van der Waals surface area (Å²) in [5.41, 5.74) is 1.67. The standard InChI is InChI=1S/C12H15N3O/c1-2-3-12-14-6-7-15(12)11-4-5-13-10(8-11)9-16/h4-8,16H,2-3,9H2,1H3. The van der Waals surface area contributed by atoms with Crippen LogP contribution in [-0.4, -0.2) is 19.6 Å². The van der Waals surface area contributed by atoms with Crippen molar-refractivity contribution in [2.45, 2.75) is 26.4 Å². The zero-order valence-electron chi connectivity index (χ0n) is 9.30. The lowest BCUT2D eigenvalue weighted by atomic mass is 10.3. The van der Waals surface area contributed by atoms with E-state index in [4.69, 9.17) is 5.11 Å². The number of aliphatic hydroxyl groups is 1. The number of aryl methyl sites for hydroxylation is 1. The molecule has 0 fully saturated rings. The summed E-state index contributed by atoms with van der Waals surface area (Å²) in [7, 11) is 0. The summed E-state index contributed by atoms with van der Waals surface area (Å²) in [5, 5.41) is 9.04. The van der Waals surface area contributed by atoms with E-state index in [1.807, 2.05) is 22.9 Å². The van der Waals surface area contributed by atoms with Gasteiger partial charge < -0.3 is 9.67 Å². The second kappa shape index (κ2) is 4.90. The fourth-order valence-electron chi connectivity index (χ4n) is 1.68. The molecule has 0 radical (unpaired) electrons. The molecule has 0 unspecified atom stereocenters. The normalized spacial score (nSPS) is 10.6. The van der Waals surface area contributed by atoms with E-state index in [0.717, 1.165) is 24.4 Å². The van der Waals surface area contributed by atoms with Crippen LogP contribution < -0.4 is 0 Å². The highest BCUT2D eigenvalue weighted by Crippen LogP contribution is 2.12. The molecule has 0 amide bonds. The van der Waals surface area contributed by atoms with Gasteiger partial charge in [-0.05, 0) is 18.6 Å². The summed E-state index contributed by atoms with van der Waals surface area (Å²) >= 11 is 0. The van der Waals surface area contributed by atoms with Gasteiger partial charge in [0.1, 0.15) is 5.82 Å². The number of hydrogen-bond donors (Lipinski definition) is 1. The second-order valence-electron chi connectivity index (χ2n) is 3.63. The van der Waals surface area contributed by atoms with E-state index < -0.39 is 0 Å². The van der Waals surface area contributed by atoms with Crippen molar-refractivity contribution in [1.29, 1.82) is 0 Å². The Morgan fingerprint density at radius 1 is 1.31 bits per heavy atom. The molecule has 0 spiro atoms. The lowest BCUT2D eigenvalue weighted by molar-refractivity contribution is 0.277. The molecule has 4 heteroatoms. The first kappa shape index (κ1) is 10.8. The smallest absolute Gasteiger partial charge is 0.113 e. The van der Waals surface area contributed by atoms with E-state index in [-0.39, 0.29) is 6.61 Å². The molecule has 0 aliphatic carbocycles. The van der Waals surface area contributed by atoms with Crippen LogP contribution in [0.25, 0.3) is 5.69 Å². The predicted molar refractivity (Wildman–Crippen MR) is 61.3 cm³/mol. The maximum Gasteiger partial charge on any atom is 0.113 e. The van der Waals surface area contributed by atoms with Crippen LogP contribution in [0.1, 0.15) is 24.9 Å². The molecule has 0 saturated heterocycles. The fourth-order valence-corrected chi connectivity index (χ4v) is 1.68. The van der Waals surface area contributed by atoms with Gasteiger partial charge in [-0.2, -0.15) is 0 Å². The molecule has 84 valence electrons. The van der Waals surface area contributed by atoms with Crippen molar-refractivity contribution in [3.05, 3.63) is 42.2 Å². The average Bonchev–Trinajstić information content (AvgIpc) is 2.78. The first-order valence-corrected chi connectivity index (χ1v) is 5.43. The van der Waals surface area contributed by atoms with E-state index in [0.29, 0.717) is 5.69 Å². The van der Waals surface area contributed by atoms with E-state index in [2.05, 4.69) is 16.9 Å². The van der Waals surface area contributed by atoms with Crippen LogP contribution in [0, 0.1) is 0 Å². The van der Waals surface area contributed by atoms with Gasteiger partial charge in [0, 0.05) is 25.0 Å². The molecule has 0 atom stereocenters. The molecule has 0 bridgehead atoms. The molecular weight excluding hydrogens is 202 g/mol. The first-order valence-electron chi connectivity index (χ1n) is 5.43. The number of pyridine rings is 1. The van der Waals surface area contributed by atoms with Crippen LogP contribution in [-0.2, 0) is 13.0 Å². The fraction of sp³-hybridized carbons (Fsp3) is 0.333. The Morgan fingerprint density at radius 2 is 2.19 bits per heavy atom. The van der Waals surface area contributed by atoms with Gasteiger partial charge >= 0.3 is 0 Å². The quantitative estimate of drug-likeness (QED) is 0.848.